The van der Waals surface area contributed by atoms with E-state index in [0.717, 1.165) is 25.8 Å². The maximum Gasteiger partial charge on any atom is 0.281 e. The van der Waals surface area contributed by atoms with E-state index >= 15 is 0 Å². The van der Waals surface area contributed by atoms with Gasteiger partial charge in [-0.15, -0.1) is 0 Å². The monoisotopic (exact) mass is 357 g/mol. The first-order valence-corrected chi connectivity index (χ1v) is 10.8. The fraction of sp³-hybridized carbons (Fsp3) is 0.941. The number of hydrogen-bond donors (Lipinski definition) is 0. The van der Waals surface area contributed by atoms with Crippen LogP contribution in [0.25, 0.3) is 0 Å². The van der Waals surface area contributed by atoms with Crippen LogP contribution < -0.4 is 0 Å². The van der Waals surface area contributed by atoms with Crippen LogP contribution in [0.15, 0.2) is 0 Å². The fourth-order valence-electron chi connectivity index (χ4n) is 4.70. The number of carbonyl (C=O) groups excluding carboxylic acids is 1. The van der Waals surface area contributed by atoms with Crippen LogP contribution >= 0.6 is 0 Å². The Morgan fingerprint density at radius 3 is 2.42 bits per heavy atom. The zero-order valence-electron chi connectivity index (χ0n) is 15.0. The van der Waals surface area contributed by atoms with Crippen LogP contribution in [0.1, 0.15) is 51.4 Å². The summed E-state index contributed by atoms with van der Waals surface area (Å²) in [7, 11) is -0.178. The number of rotatable bonds is 4. The van der Waals surface area contributed by atoms with Gasteiger partial charge in [-0.05, 0) is 43.9 Å². The van der Waals surface area contributed by atoms with Gasteiger partial charge < -0.3 is 4.90 Å². The summed E-state index contributed by atoms with van der Waals surface area (Å²) in [6.07, 6.45) is 8.41. The van der Waals surface area contributed by atoms with E-state index in [9.17, 15) is 13.2 Å². The largest absolute Gasteiger partial charge is 0.339 e. The van der Waals surface area contributed by atoms with Crippen molar-refractivity contribution in [2.75, 3.05) is 33.7 Å². The van der Waals surface area contributed by atoms with Gasteiger partial charge in [0.05, 0.1) is 0 Å². The highest BCUT2D eigenvalue weighted by molar-refractivity contribution is 7.86. The van der Waals surface area contributed by atoms with Gasteiger partial charge in [0.15, 0.2) is 0 Å². The lowest BCUT2D eigenvalue weighted by Crippen LogP contribution is -2.57. The normalized spacial score (nSPS) is 29.9. The van der Waals surface area contributed by atoms with Gasteiger partial charge in [-0.2, -0.15) is 17.0 Å². The smallest absolute Gasteiger partial charge is 0.281 e. The molecule has 0 bridgehead atoms. The van der Waals surface area contributed by atoms with Crippen LogP contribution in [-0.2, 0) is 15.0 Å². The Kier molecular flexibility index (Phi) is 5.52. The first-order chi connectivity index (χ1) is 11.4. The van der Waals surface area contributed by atoms with Gasteiger partial charge >= 0.3 is 0 Å². The number of amides is 1. The second-order valence-electron chi connectivity index (χ2n) is 7.85. The number of likely N-dealkylation sites (tertiary alicyclic amines) is 1. The number of fused-ring (bicyclic) bond motifs is 1. The van der Waals surface area contributed by atoms with Gasteiger partial charge in [-0.1, -0.05) is 12.8 Å². The summed E-state index contributed by atoms with van der Waals surface area (Å²) >= 11 is 0. The predicted molar refractivity (Wildman–Crippen MR) is 93.6 cm³/mol. The molecule has 2 saturated heterocycles. The van der Waals surface area contributed by atoms with E-state index in [0.29, 0.717) is 31.3 Å². The molecule has 0 radical (unpaired) electrons. The first kappa shape index (κ1) is 18.1. The van der Waals surface area contributed by atoms with E-state index in [4.69, 9.17) is 0 Å². The van der Waals surface area contributed by atoms with Crippen molar-refractivity contribution in [3.05, 3.63) is 0 Å². The molecule has 2 heterocycles. The van der Waals surface area contributed by atoms with Gasteiger partial charge in [-0.3, -0.25) is 4.79 Å². The van der Waals surface area contributed by atoms with Crippen molar-refractivity contribution in [1.29, 1.82) is 0 Å². The Morgan fingerprint density at radius 2 is 1.75 bits per heavy atom. The summed E-state index contributed by atoms with van der Waals surface area (Å²) in [5.41, 5.74) is 0. The van der Waals surface area contributed by atoms with Gasteiger partial charge in [0.25, 0.3) is 10.2 Å². The Labute approximate surface area is 146 Å². The second-order valence-corrected chi connectivity index (χ2v) is 9.99. The molecule has 1 saturated carbocycles. The molecule has 0 spiro atoms. The van der Waals surface area contributed by atoms with Gasteiger partial charge in [0, 0.05) is 46.2 Å². The van der Waals surface area contributed by atoms with Crippen LogP contribution in [0.2, 0.25) is 0 Å². The van der Waals surface area contributed by atoms with E-state index in [-0.39, 0.29) is 12.0 Å². The summed E-state index contributed by atoms with van der Waals surface area (Å²) in [5, 5.41) is 0. The first-order valence-electron chi connectivity index (χ1n) is 9.36. The molecule has 3 fully saturated rings. The molecule has 0 unspecified atom stereocenters. The molecule has 0 N–H and O–H groups in total. The summed E-state index contributed by atoms with van der Waals surface area (Å²) < 4.78 is 27.6. The maximum atomic E-state index is 12.8. The van der Waals surface area contributed by atoms with Crippen LogP contribution in [0, 0.1) is 11.8 Å². The Morgan fingerprint density at radius 1 is 1.04 bits per heavy atom. The molecule has 24 heavy (non-hydrogen) atoms. The minimum absolute atomic E-state index is 0.237. The molecule has 0 aromatic carbocycles. The van der Waals surface area contributed by atoms with Crippen molar-refractivity contribution in [2.45, 2.75) is 57.4 Å². The zero-order chi connectivity index (χ0) is 17.3. The highest BCUT2D eigenvalue weighted by atomic mass is 32.2. The molecule has 7 heteroatoms. The third kappa shape index (κ3) is 3.63. The van der Waals surface area contributed by atoms with E-state index < -0.39 is 10.2 Å². The quantitative estimate of drug-likeness (QED) is 0.769. The van der Waals surface area contributed by atoms with Crippen LogP contribution in [0.4, 0.5) is 0 Å². The lowest BCUT2D eigenvalue weighted by Gasteiger charge is -2.47. The number of carbonyl (C=O) groups is 1. The minimum atomic E-state index is -3.34. The van der Waals surface area contributed by atoms with E-state index in [1.165, 1.54) is 30.0 Å². The van der Waals surface area contributed by atoms with E-state index in [1.54, 1.807) is 18.4 Å². The van der Waals surface area contributed by atoms with E-state index in [2.05, 4.69) is 4.90 Å². The summed E-state index contributed by atoms with van der Waals surface area (Å²) in [6.45, 7) is 1.93. The average Bonchev–Trinajstić information content (AvgIpc) is 3.06. The Bertz CT molecular complexity index is 557. The predicted octanol–water partition coefficient (Wildman–Crippen LogP) is 1.69. The highest BCUT2D eigenvalue weighted by Gasteiger charge is 2.41. The van der Waals surface area contributed by atoms with Crippen molar-refractivity contribution >= 4 is 16.1 Å². The second kappa shape index (κ2) is 7.30. The summed E-state index contributed by atoms with van der Waals surface area (Å²) in [5.74, 6) is 1.17. The number of nitrogens with zero attached hydrogens (tertiary/aromatic N) is 3. The molecule has 2 aliphatic heterocycles. The molecule has 2 atom stereocenters. The number of hydrogen-bond acceptors (Lipinski definition) is 3. The third-order valence-electron chi connectivity index (χ3n) is 6.08. The van der Waals surface area contributed by atoms with Gasteiger partial charge in [-0.25, -0.2) is 0 Å². The molecule has 138 valence electrons. The molecular weight excluding hydrogens is 326 g/mol. The lowest BCUT2D eigenvalue weighted by molar-refractivity contribution is -0.138. The highest BCUT2D eigenvalue weighted by Crippen LogP contribution is 2.34. The van der Waals surface area contributed by atoms with Crippen molar-refractivity contribution < 1.29 is 13.2 Å². The lowest BCUT2D eigenvalue weighted by atomic mass is 9.84. The molecule has 0 aromatic rings. The molecule has 0 aromatic heterocycles. The molecule has 1 amide bonds. The van der Waals surface area contributed by atoms with Crippen molar-refractivity contribution in [2.24, 2.45) is 11.8 Å². The molecule has 3 rings (SSSR count). The number of piperidine rings is 2. The van der Waals surface area contributed by atoms with Gasteiger partial charge in [0.1, 0.15) is 0 Å². The van der Waals surface area contributed by atoms with Crippen molar-refractivity contribution in [3.8, 4) is 0 Å². The standard InChI is InChI=1S/C17H31N3O3S/c1-18(2)24(22,23)19-11-9-16-15(13-19)8-5-10-20(16)17(21)12-14-6-3-4-7-14/h14-16H,3-13H2,1-2H3/t15-,16+/m1/s1. The minimum Gasteiger partial charge on any atom is -0.339 e. The van der Waals surface area contributed by atoms with Crippen LogP contribution in [0.5, 0.6) is 0 Å². The van der Waals surface area contributed by atoms with Crippen molar-refractivity contribution in [3.63, 3.8) is 0 Å². The molecule has 1 aliphatic carbocycles. The van der Waals surface area contributed by atoms with E-state index in [1.807, 2.05) is 0 Å². The van der Waals surface area contributed by atoms with Crippen LogP contribution in [-0.4, -0.2) is 67.6 Å². The average molecular weight is 358 g/mol. The summed E-state index contributed by atoms with van der Waals surface area (Å²) in [6, 6.07) is 0.237. The van der Waals surface area contributed by atoms with Crippen LogP contribution in [0.3, 0.4) is 0 Å². The third-order valence-corrected chi connectivity index (χ3v) is 7.98. The molecule has 3 aliphatic rings. The molecular formula is C17H31N3O3S. The SMILES string of the molecule is CN(C)S(=O)(=O)N1CC[C@H]2[C@H](CCCN2C(=O)CC2CCCC2)C1. The Hall–Kier alpha value is -0.660. The summed E-state index contributed by atoms with van der Waals surface area (Å²) in [4.78, 5) is 14.9. The molecule has 6 nitrogen and oxygen atoms in total. The fourth-order valence-corrected chi connectivity index (χ4v) is 5.88. The maximum absolute atomic E-state index is 12.8. The Balaban J connectivity index is 1.64. The van der Waals surface area contributed by atoms with Gasteiger partial charge in [0.2, 0.25) is 5.91 Å². The topological polar surface area (TPSA) is 60.9 Å². The zero-order valence-corrected chi connectivity index (χ0v) is 15.8. The van der Waals surface area contributed by atoms with Crippen molar-refractivity contribution in [1.82, 2.24) is 13.5 Å².